The number of carbonyl (C=O) groups is 1. The Morgan fingerprint density at radius 3 is 2.62 bits per heavy atom. The fourth-order valence-corrected chi connectivity index (χ4v) is 5.58. The van der Waals surface area contributed by atoms with Gasteiger partial charge in [0, 0.05) is 31.5 Å². The molecular formula is C30H39FN4O5. The number of piperidine rings is 1. The van der Waals surface area contributed by atoms with Crippen LogP contribution in [0.2, 0.25) is 0 Å². The maximum absolute atomic E-state index is 14.0. The van der Waals surface area contributed by atoms with Crippen LogP contribution in [0.1, 0.15) is 81.1 Å². The third-order valence-electron chi connectivity index (χ3n) is 7.65. The van der Waals surface area contributed by atoms with E-state index >= 15 is 0 Å². The average molecular weight is 555 g/mol. The molecular weight excluding hydrogens is 515 g/mol. The molecule has 3 aromatic rings. The molecule has 1 saturated heterocycles. The van der Waals surface area contributed by atoms with Gasteiger partial charge in [-0.1, -0.05) is 6.07 Å². The highest BCUT2D eigenvalue weighted by Crippen LogP contribution is 2.38. The Hall–Kier alpha value is -3.08. The molecule has 0 aliphatic carbocycles. The molecule has 216 valence electrons. The van der Waals surface area contributed by atoms with Gasteiger partial charge in [0.1, 0.15) is 11.6 Å². The van der Waals surface area contributed by atoms with Crippen molar-refractivity contribution >= 4 is 17.4 Å². The molecule has 3 aliphatic rings. The Morgan fingerprint density at radius 1 is 1.18 bits per heavy atom. The zero-order chi connectivity index (χ0) is 28.7. The highest BCUT2D eigenvalue weighted by molar-refractivity contribution is 5.78. The topological polar surface area (TPSA) is 98.4 Å². The van der Waals surface area contributed by atoms with E-state index in [-0.39, 0.29) is 18.0 Å². The van der Waals surface area contributed by atoms with Gasteiger partial charge in [0.05, 0.1) is 35.7 Å². The molecule has 0 unspecified atom stereocenters. The minimum absolute atomic E-state index is 0.232. The number of anilines is 1. The Labute approximate surface area is 234 Å². The molecule has 1 aromatic carbocycles. The van der Waals surface area contributed by atoms with Crippen LogP contribution >= 0.6 is 0 Å². The fourth-order valence-electron chi connectivity index (χ4n) is 5.58. The molecule has 1 atom stereocenters. The number of aromatic nitrogens is 3. The van der Waals surface area contributed by atoms with Gasteiger partial charge in [-0.15, -0.1) is 0 Å². The van der Waals surface area contributed by atoms with E-state index in [4.69, 9.17) is 24.3 Å². The van der Waals surface area contributed by atoms with E-state index in [0.717, 1.165) is 30.4 Å². The van der Waals surface area contributed by atoms with Crippen LogP contribution in [0.3, 0.4) is 0 Å². The summed E-state index contributed by atoms with van der Waals surface area (Å²) in [7, 11) is 0. The van der Waals surface area contributed by atoms with Crippen LogP contribution in [0.25, 0.3) is 5.65 Å². The van der Waals surface area contributed by atoms with Gasteiger partial charge in [0.15, 0.2) is 11.8 Å². The van der Waals surface area contributed by atoms with Crippen LogP contribution in [0.15, 0.2) is 24.3 Å². The summed E-state index contributed by atoms with van der Waals surface area (Å²) in [6.45, 7) is 11.9. The molecule has 9 nitrogen and oxygen atoms in total. The van der Waals surface area contributed by atoms with Gasteiger partial charge in [-0.3, -0.25) is 0 Å². The van der Waals surface area contributed by atoms with Gasteiger partial charge in [-0.25, -0.2) is 14.2 Å². The van der Waals surface area contributed by atoms with Gasteiger partial charge in [0.2, 0.25) is 0 Å². The van der Waals surface area contributed by atoms with Gasteiger partial charge < -0.3 is 24.2 Å². The van der Waals surface area contributed by atoms with E-state index in [2.05, 4.69) is 11.8 Å². The first kappa shape index (κ1) is 28.4. The standard InChI is InChI=1S/C30H39FN4O5/c1-19-25(26(28(36)37)40-29(2,3)4)27-34-12-10-30(5,11-13-34)39-14-6-7-20-15-22(31)9-8-21(20)17-38-18-23-16-24(32-19)35(27)33-23/h8-9,15-16,26H,6-7,10-14,17-18H2,1-5H3,(H,36,37)/t26-/m0/s1. The smallest absolute Gasteiger partial charge is 0.337 e. The molecule has 0 saturated carbocycles. The van der Waals surface area contributed by atoms with E-state index in [9.17, 15) is 14.3 Å². The zero-order valence-corrected chi connectivity index (χ0v) is 24.0. The van der Waals surface area contributed by atoms with Crippen molar-refractivity contribution < 1.29 is 28.5 Å². The van der Waals surface area contributed by atoms with Gasteiger partial charge in [-0.05, 0) is 83.6 Å². The number of hydrogen-bond acceptors (Lipinski definition) is 7. The largest absolute Gasteiger partial charge is 0.479 e. The van der Waals surface area contributed by atoms with Gasteiger partial charge in [0.25, 0.3) is 0 Å². The molecule has 10 heteroatoms. The van der Waals surface area contributed by atoms with E-state index < -0.39 is 17.7 Å². The number of fused-ring (bicyclic) bond motifs is 7. The van der Waals surface area contributed by atoms with Crippen molar-refractivity contribution in [3.8, 4) is 0 Å². The third kappa shape index (κ3) is 6.14. The summed E-state index contributed by atoms with van der Waals surface area (Å²) in [5.74, 6) is -0.655. The Kier molecular flexibility index (Phi) is 7.87. The lowest BCUT2D eigenvalue weighted by molar-refractivity contribution is -0.160. The number of halogens is 1. The number of carboxylic acids is 1. The summed E-state index contributed by atoms with van der Waals surface area (Å²) in [5, 5.41) is 15.1. The third-order valence-corrected chi connectivity index (χ3v) is 7.65. The number of ether oxygens (including phenoxy) is 3. The molecule has 2 aromatic heterocycles. The van der Waals surface area contributed by atoms with Crippen molar-refractivity contribution in [1.82, 2.24) is 14.6 Å². The molecule has 1 N–H and O–H groups in total. The molecule has 40 heavy (non-hydrogen) atoms. The highest BCUT2D eigenvalue weighted by Gasteiger charge is 2.37. The van der Waals surface area contributed by atoms with Gasteiger partial charge >= 0.3 is 5.97 Å². The van der Waals surface area contributed by atoms with Crippen molar-refractivity contribution in [2.45, 2.75) is 90.8 Å². The number of hydrogen-bond donors (Lipinski definition) is 1. The van der Waals surface area contributed by atoms with Gasteiger partial charge in [-0.2, -0.15) is 9.61 Å². The van der Waals surface area contributed by atoms with Crippen molar-refractivity contribution in [3.63, 3.8) is 0 Å². The van der Waals surface area contributed by atoms with E-state index in [1.54, 1.807) is 16.6 Å². The quantitative estimate of drug-likeness (QED) is 0.474. The zero-order valence-electron chi connectivity index (χ0n) is 24.0. The fraction of sp³-hybridized carbons (Fsp3) is 0.567. The Bertz CT molecular complexity index is 1390. The average Bonchev–Trinajstić information content (AvgIpc) is 3.27. The number of benzene rings is 1. The molecule has 0 spiro atoms. The van der Waals surface area contributed by atoms with E-state index in [1.807, 2.05) is 33.8 Å². The number of rotatable bonds is 3. The lowest BCUT2D eigenvalue weighted by Crippen LogP contribution is -2.46. The second-order valence-corrected chi connectivity index (χ2v) is 12.1. The first-order valence-electron chi connectivity index (χ1n) is 14.0. The first-order chi connectivity index (χ1) is 18.9. The molecule has 0 radical (unpaired) electrons. The summed E-state index contributed by atoms with van der Waals surface area (Å²) in [6.07, 6.45) is 1.78. The second kappa shape index (κ2) is 11.1. The lowest BCUT2D eigenvalue weighted by atomic mass is 9.92. The summed E-state index contributed by atoms with van der Waals surface area (Å²) in [6, 6.07) is 6.68. The highest BCUT2D eigenvalue weighted by atomic mass is 19.1. The molecule has 1 fully saturated rings. The Balaban J connectivity index is 1.59. The van der Waals surface area contributed by atoms with Crippen LogP contribution in [0.4, 0.5) is 10.2 Å². The number of aryl methyl sites for hydroxylation is 2. The van der Waals surface area contributed by atoms with Crippen molar-refractivity contribution in [2.24, 2.45) is 0 Å². The van der Waals surface area contributed by atoms with Crippen LogP contribution in [0.5, 0.6) is 0 Å². The van der Waals surface area contributed by atoms with E-state index in [1.165, 1.54) is 6.07 Å². The lowest BCUT2D eigenvalue weighted by Gasteiger charge is -2.41. The molecule has 5 heterocycles. The Morgan fingerprint density at radius 2 is 1.93 bits per heavy atom. The van der Waals surface area contributed by atoms with Crippen LogP contribution in [0, 0.1) is 12.7 Å². The number of carboxylic acid groups (broad SMARTS) is 1. The number of nitrogens with zero attached hydrogens (tertiary/aromatic N) is 4. The minimum atomic E-state index is -1.22. The minimum Gasteiger partial charge on any atom is -0.479 e. The van der Waals surface area contributed by atoms with Crippen LogP contribution in [-0.4, -0.2) is 56.6 Å². The first-order valence-corrected chi connectivity index (χ1v) is 14.0. The van der Waals surface area contributed by atoms with Crippen LogP contribution < -0.4 is 4.90 Å². The van der Waals surface area contributed by atoms with Crippen LogP contribution in [-0.2, 0) is 38.6 Å². The monoisotopic (exact) mass is 554 g/mol. The molecule has 6 rings (SSSR count). The number of aliphatic carboxylic acids is 1. The predicted molar refractivity (Wildman–Crippen MR) is 148 cm³/mol. The summed E-state index contributed by atoms with van der Waals surface area (Å²) in [4.78, 5) is 19.5. The molecule has 3 aliphatic heterocycles. The molecule has 0 amide bonds. The van der Waals surface area contributed by atoms with Crippen molar-refractivity contribution in [1.29, 1.82) is 0 Å². The van der Waals surface area contributed by atoms with E-state index in [0.29, 0.717) is 61.1 Å². The van der Waals surface area contributed by atoms with Crippen molar-refractivity contribution in [3.05, 3.63) is 58.2 Å². The molecule has 4 bridgehead atoms. The SMILES string of the molecule is Cc1nc2cc3nn2c(c1[C@H](OC(C)(C)C)C(=O)O)N1CCC(C)(CC1)OCCCc1cc(F)ccc1COC3. The summed E-state index contributed by atoms with van der Waals surface area (Å²) >= 11 is 0. The maximum Gasteiger partial charge on any atom is 0.337 e. The maximum atomic E-state index is 14.0. The summed E-state index contributed by atoms with van der Waals surface area (Å²) in [5.41, 5.74) is 3.23. The second-order valence-electron chi connectivity index (χ2n) is 12.1. The predicted octanol–water partition coefficient (Wildman–Crippen LogP) is 5.16. The summed E-state index contributed by atoms with van der Waals surface area (Å²) < 4.78 is 34.3. The normalized spacial score (nSPS) is 19.0. The van der Waals surface area contributed by atoms with Crippen molar-refractivity contribution in [2.75, 3.05) is 24.6 Å².